The highest BCUT2D eigenvalue weighted by atomic mass is 32.2. The lowest BCUT2D eigenvalue weighted by Gasteiger charge is -2.17. The Morgan fingerprint density at radius 1 is 1.26 bits per heavy atom. The molecule has 31 heavy (non-hydrogen) atoms. The molecule has 0 radical (unpaired) electrons. The highest BCUT2D eigenvalue weighted by molar-refractivity contribution is 7.92. The van der Waals surface area contributed by atoms with Gasteiger partial charge in [0.15, 0.2) is 17.4 Å². The molecular weight excluding hydrogens is 433 g/mol. The molecule has 168 valence electrons. The number of hydrogen-bond donors (Lipinski definition) is 5. The number of urea groups is 1. The fourth-order valence-corrected chi connectivity index (χ4v) is 3.66. The first-order valence-electron chi connectivity index (χ1n) is 8.81. The third-order valence-corrected chi connectivity index (χ3v) is 5.30. The Bertz CT molecular complexity index is 1090. The minimum Gasteiger partial charge on any atom is -0.492 e. The minimum absolute atomic E-state index is 0.0548. The van der Waals surface area contributed by atoms with Crippen LogP contribution in [0.15, 0.2) is 18.5 Å². The van der Waals surface area contributed by atoms with Crippen molar-refractivity contribution in [2.24, 2.45) is 0 Å². The van der Waals surface area contributed by atoms with E-state index in [4.69, 9.17) is 20.6 Å². The predicted molar refractivity (Wildman–Crippen MR) is 114 cm³/mol. The van der Waals surface area contributed by atoms with Crippen molar-refractivity contribution in [1.29, 1.82) is 5.41 Å². The fourth-order valence-electron chi connectivity index (χ4n) is 2.53. The molecule has 2 aromatic rings. The largest absolute Gasteiger partial charge is 0.492 e. The molecule has 2 amide bonds. The van der Waals surface area contributed by atoms with E-state index >= 15 is 0 Å². The number of nitrogens with one attached hydrogen (secondary N) is 4. The van der Waals surface area contributed by atoms with Gasteiger partial charge in [0, 0.05) is 0 Å². The van der Waals surface area contributed by atoms with Gasteiger partial charge in [0.05, 0.1) is 25.7 Å². The number of aromatic nitrogens is 2. The molecule has 0 saturated heterocycles. The van der Waals surface area contributed by atoms with Gasteiger partial charge < -0.3 is 20.5 Å². The standard InChI is InChI=1S/C17H22FN7O5S/c1-4-7-31(27,28)25-10-6-5-9(18)12(13(10)29-2)23-17(26)24-16-11(15(20)30-3)14(19)21-8-22-16/h5-6,8,20,25H,4,7H2,1-3H3,(H4,19,21,22,23,24,26). The van der Waals surface area contributed by atoms with Crippen molar-refractivity contribution >= 4 is 45.0 Å². The summed E-state index contributed by atoms with van der Waals surface area (Å²) in [6, 6.07) is 1.18. The molecule has 0 saturated carbocycles. The van der Waals surface area contributed by atoms with Crippen LogP contribution in [0.3, 0.4) is 0 Å². The van der Waals surface area contributed by atoms with Crippen LogP contribution in [0, 0.1) is 11.2 Å². The Morgan fingerprint density at radius 3 is 2.58 bits per heavy atom. The van der Waals surface area contributed by atoms with E-state index in [2.05, 4.69) is 25.3 Å². The second-order valence-electron chi connectivity index (χ2n) is 6.02. The first-order valence-corrected chi connectivity index (χ1v) is 10.5. The van der Waals surface area contributed by atoms with Crippen molar-refractivity contribution in [3.63, 3.8) is 0 Å². The van der Waals surface area contributed by atoms with E-state index in [1.54, 1.807) is 6.92 Å². The molecular formula is C17H22FN7O5S. The fraction of sp³-hybridized carbons (Fsp3) is 0.294. The second-order valence-corrected chi connectivity index (χ2v) is 7.86. The van der Waals surface area contributed by atoms with E-state index < -0.39 is 33.5 Å². The summed E-state index contributed by atoms with van der Waals surface area (Å²) in [4.78, 5) is 20.1. The third kappa shape index (κ3) is 5.69. The van der Waals surface area contributed by atoms with E-state index in [1.807, 2.05) is 0 Å². The number of anilines is 4. The molecule has 0 spiro atoms. The molecule has 1 aromatic carbocycles. The Labute approximate surface area is 177 Å². The first kappa shape index (κ1) is 23.6. The van der Waals surface area contributed by atoms with Gasteiger partial charge in [-0.05, 0) is 18.6 Å². The molecule has 0 atom stereocenters. The Kier molecular flexibility index (Phi) is 7.52. The van der Waals surface area contributed by atoms with Crippen LogP contribution < -0.4 is 25.8 Å². The highest BCUT2D eigenvalue weighted by Gasteiger charge is 2.22. The van der Waals surface area contributed by atoms with Crippen LogP contribution in [0.1, 0.15) is 18.9 Å². The van der Waals surface area contributed by atoms with Gasteiger partial charge >= 0.3 is 6.03 Å². The molecule has 14 heteroatoms. The normalized spacial score (nSPS) is 10.8. The van der Waals surface area contributed by atoms with Gasteiger partial charge in [-0.15, -0.1) is 0 Å². The number of carbonyl (C=O) groups is 1. The zero-order chi connectivity index (χ0) is 23.2. The van der Waals surface area contributed by atoms with E-state index in [9.17, 15) is 17.6 Å². The molecule has 1 heterocycles. The van der Waals surface area contributed by atoms with Gasteiger partial charge in [-0.2, -0.15) is 0 Å². The minimum atomic E-state index is -3.70. The van der Waals surface area contributed by atoms with Crippen LogP contribution in [0.4, 0.5) is 32.2 Å². The van der Waals surface area contributed by atoms with Crippen LogP contribution in [0.2, 0.25) is 0 Å². The highest BCUT2D eigenvalue weighted by Crippen LogP contribution is 2.36. The summed E-state index contributed by atoms with van der Waals surface area (Å²) >= 11 is 0. The van der Waals surface area contributed by atoms with Crippen LogP contribution in [-0.2, 0) is 14.8 Å². The molecule has 0 bridgehead atoms. The summed E-state index contributed by atoms with van der Waals surface area (Å²) in [5.41, 5.74) is 5.17. The average Bonchev–Trinajstić information content (AvgIpc) is 2.70. The maximum absolute atomic E-state index is 14.4. The summed E-state index contributed by atoms with van der Waals surface area (Å²) in [7, 11) is -1.28. The number of sulfonamides is 1. The van der Waals surface area contributed by atoms with Gasteiger partial charge in [0.2, 0.25) is 15.9 Å². The molecule has 0 aliphatic carbocycles. The number of methoxy groups -OCH3 is 2. The van der Waals surface area contributed by atoms with Crippen LogP contribution in [0.5, 0.6) is 5.75 Å². The smallest absolute Gasteiger partial charge is 0.325 e. The van der Waals surface area contributed by atoms with Crippen LogP contribution >= 0.6 is 0 Å². The van der Waals surface area contributed by atoms with E-state index in [-0.39, 0.29) is 34.4 Å². The lowest BCUT2D eigenvalue weighted by atomic mass is 10.2. The summed E-state index contributed by atoms with van der Waals surface area (Å²) in [5, 5.41) is 12.3. The number of benzene rings is 1. The Morgan fingerprint density at radius 2 is 1.97 bits per heavy atom. The van der Waals surface area contributed by atoms with Crippen molar-refractivity contribution < 1.29 is 27.1 Å². The maximum Gasteiger partial charge on any atom is 0.325 e. The summed E-state index contributed by atoms with van der Waals surface area (Å²) in [6.07, 6.45) is 1.43. The number of nitrogens with two attached hydrogens (primary N) is 1. The van der Waals surface area contributed by atoms with E-state index in [0.29, 0.717) is 6.42 Å². The SMILES string of the molecule is CCCS(=O)(=O)Nc1ccc(F)c(NC(=O)Nc2ncnc(N)c2C(=N)OC)c1OC. The number of hydrogen-bond acceptors (Lipinski definition) is 9. The zero-order valence-electron chi connectivity index (χ0n) is 16.9. The molecule has 2 rings (SSSR count). The van der Waals surface area contributed by atoms with Crippen molar-refractivity contribution in [3.8, 4) is 5.75 Å². The Balaban J connectivity index is 2.35. The first-order chi connectivity index (χ1) is 14.6. The van der Waals surface area contributed by atoms with Gasteiger partial charge in [-0.1, -0.05) is 6.92 Å². The topological polar surface area (TPSA) is 181 Å². The number of nitrogen functional groups attached to an aromatic ring is 1. The number of ether oxygens (including phenoxy) is 2. The van der Waals surface area contributed by atoms with Gasteiger partial charge in [0.1, 0.15) is 23.4 Å². The molecule has 12 nitrogen and oxygen atoms in total. The zero-order valence-corrected chi connectivity index (χ0v) is 17.8. The molecule has 0 unspecified atom stereocenters. The van der Waals surface area contributed by atoms with Crippen molar-refractivity contribution in [2.45, 2.75) is 13.3 Å². The van der Waals surface area contributed by atoms with Gasteiger partial charge in [0.25, 0.3) is 0 Å². The predicted octanol–water partition coefficient (Wildman–Crippen LogP) is 1.97. The van der Waals surface area contributed by atoms with Crippen LogP contribution in [0.25, 0.3) is 0 Å². The summed E-state index contributed by atoms with van der Waals surface area (Å²) in [5.74, 6) is -1.94. The number of carbonyl (C=O) groups excluding carboxylic acids is 1. The van der Waals surface area contributed by atoms with E-state index in [1.165, 1.54) is 20.3 Å². The van der Waals surface area contributed by atoms with Crippen molar-refractivity contribution in [1.82, 2.24) is 9.97 Å². The van der Waals surface area contributed by atoms with Gasteiger partial charge in [-0.25, -0.2) is 27.6 Å². The Hall–Kier alpha value is -3.68. The lowest BCUT2D eigenvalue weighted by Crippen LogP contribution is -2.24. The van der Waals surface area contributed by atoms with Crippen LogP contribution in [-0.4, -0.2) is 50.3 Å². The lowest BCUT2D eigenvalue weighted by molar-refractivity contribution is 0.262. The number of rotatable bonds is 8. The quantitative estimate of drug-likeness (QED) is 0.296. The number of halogens is 1. The number of amides is 2. The van der Waals surface area contributed by atoms with Gasteiger partial charge in [-0.3, -0.25) is 15.4 Å². The summed E-state index contributed by atoms with van der Waals surface area (Å²) in [6.45, 7) is 1.69. The molecule has 0 aliphatic rings. The maximum atomic E-state index is 14.4. The summed E-state index contributed by atoms with van der Waals surface area (Å²) < 4.78 is 50.8. The third-order valence-electron chi connectivity index (χ3n) is 3.83. The van der Waals surface area contributed by atoms with Crippen molar-refractivity contribution in [2.75, 3.05) is 41.1 Å². The average molecular weight is 455 g/mol. The van der Waals surface area contributed by atoms with Crippen molar-refractivity contribution in [3.05, 3.63) is 29.8 Å². The number of nitrogens with zero attached hydrogens (tertiary/aromatic N) is 2. The van der Waals surface area contributed by atoms with E-state index in [0.717, 1.165) is 12.4 Å². The molecule has 0 fully saturated rings. The molecule has 1 aromatic heterocycles. The monoisotopic (exact) mass is 455 g/mol. The molecule has 0 aliphatic heterocycles. The molecule has 6 N–H and O–H groups in total. The second kappa shape index (κ2) is 9.88.